The highest BCUT2D eigenvalue weighted by atomic mass is 19.3. The number of nitrogens with one attached hydrogen (secondary N) is 1. The number of piperidine rings is 1. The van der Waals surface area contributed by atoms with Crippen molar-refractivity contribution in [2.75, 3.05) is 25.0 Å². The second kappa shape index (κ2) is 7.70. The molecule has 0 saturated carbocycles. The Balaban J connectivity index is 2.01. The fourth-order valence-corrected chi connectivity index (χ4v) is 2.30. The molecule has 1 aromatic rings. The normalized spacial score (nSPS) is 17.9. The second-order valence-corrected chi connectivity index (χ2v) is 5.11. The van der Waals surface area contributed by atoms with Crippen molar-refractivity contribution in [3.05, 3.63) is 18.3 Å². The molecule has 1 saturated heterocycles. The lowest BCUT2D eigenvalue weighted by Gasteiger charge is -2.30. The Hall–Kier alpha value is -2.45. The van der Waals surface area contributed by atoms with Crippen LogP contribution in [0.3, 0.4) is 0 Å². The van der Waals surface area contributed by atoms with Gasteiger partial charge in [-0.05, 0) is 25.0 Å². The fraction of sp³-hybridized carbons (Fsp3) is 0.500. The summed E-state index contributed by atoms with van der Waals surface area (Å²) in [5.41, 5.74) is 0.163. The van der Waals surface area contributed by atoms with Gasteiger partial charge in [-0.3, -0.25) is 4.79 Å². The molecule has 1 aliphatic rings. The minimum absolute atomic E-state index is 0.104. The number of aromatic nitrogens is 1. The highest BCUT2D eigenvalue weighted by Gasteiger charge is 2.28. The number of carboxylic acids is 1. The molecule has 2 heterocycles. The van der Waals surface area contributed by atoms with Crippen LogP contribution in [0.4, 0.5) is 19.3 Å². The summed E-state index contributed by atoms with van der Waals surface area (Å²) in [5.74, 6) is -1.64. The first-order valence-corrected chi connectivity index (χ1v) is 7.12. The van der Waals surface area contributed by atoms with Crippen LogP contribution in [0.2, 0.25) is 0 Å². The van der Waals surface area contributed by atoms with E-state index in [-0.39, 0.29) is 18.1 Å². The Labute approximate surface area is 131 Å². The predicted octanol–water partition coefficient (Wildman–Crippen LogP) is 2.05. The van der Waals surface area contributed by atoms with Crippen LogP contribution in [-0.4, -0.2) is 53.1 Å². The van der Waals surface area contributed by atoms with Crippen molar-refractivity contribution in [1.29, 1.82) is 0 Å². The van der Waals surface area contributed by atoms with Gasteiger partial charge >= 0.3 is 12.0 Å². The van der Waals surface area contributed by atoms with Gasteiger partial charge in [-0.15, -0.1) is 0 Å². The quantitative estimate of drug-likeness (QED) is 0.863. The first-order chi connectivity index (χ1) is 11.0. The summed E-state index contributed by atoms with van der Waals surface area (Å²) < 4.78 is 29.3. The van der Waals surface area contributed by atoms with Crippen LogP contribution in [0.5, 0.6) is 5.88 Å². The van der Waals surface area contributed by atoms with Crippen molar-refractivity contribution in [3.8, 4) is 5.88 Å². The monoisotopic (exact) mass is 329 g/mol. The number of rotatable bonds is 5. The molecule has 2 rings (SSSR count). The molecule has 1 aromatic heterocycles. The SMILES string of the molecule is O=C(O)C1CCCN(C(=O)Nc2cccnc2OCC(F)F)C1. The minimum atomic E-state index is -2.65. The van der Waals surface area contributed by atoms with E-state index in [4.69, 9.17) is 9.84 Å². The Morgan fingerprint density at radius 2 is 2.30 bits per heavy atom. The van der Waals surface area contributed by atoms with Crippen molar-refractivity contribution in [2.45, 2.75) is 19.3 Å². The van der Waals surface area contributed by atoms with Crippen molar-refractivity contribution < 1.29 is 28.2 Å². The molecule has 0 aromatic carbocycles. The molecule has 2 amide bonds. The zero-order chi connectivity index (χ0) is 16.8. The lowest BCUT2D eigenvalue weighted by Crippen LogP contribution is -2.44. The van der Waals surface area contributed by atoms with Gasteiger partial charge in [0.1, 0.15) is 5.69 Å². The highest BCUT2D eigenvalue weighted by molar-refractivity contribution is 5.91. The maximum absolute atomic E-state index is 12.2. The number of hydrogen-bond acceptors (Lipinski definition) is 4. The van der Waals surface area contributed by atoms with Gasteiger partial charge in [0, 0.05) is 19.3 Å². The van der Waals surface area contributed by atoms with Crippen LogP contribution < -0.4 is 10.1 Å². The molecular formula is C14H17F2N3O4. The topological polar surface area (TPSA) is 91.8 Å². The zero-order valence-electron chi connectivity index (χ0n) is 12.2. The number of ether oxygens (including phenoxy) is 1. The number of halogens is 2. The van der Waals surface area contributed by atoms with Gasteiger partial charge in [0.2, 0.25) is 5.88 Å². The molecule has 2 N–H and O–H groups in total. The number of likely N-dealkylation sites (tertiary alicyclic amines) is 1. The number of amides is 2. The predicted molar refractivity (Wildman–Crippen MR) is 76.7 cm³/mol. The Kier molecular flexibility index (Phi) is 5.67. The van der Waals surface area contributed by atoms with Crippen LogP contribution in [0.25, 0.3) is 0 Å². The van der Waals surface area contributed by atoms with Gasteiger partial charge in [-0.1, -0.05) is 0 Å². The lowest BCUT2D eigenvalue weighted by atomic mass is 9.99. The van der Waals surface area contributed by atoms with Gasteiger partial charge in [0.05, 0.1) is 5.92 Å². The molecule has 9 heteroatoms. The van der Waals surface area contributed by atoms with E-state index in [2.05, 4.69) is 10.3 Å². The molecule has 0 radical (unpaired) electrons. The van der Waals surface area contributed by atoms with E-state index in [1.165, 1.54) is 23.2 Å². The summed E-state index contributed by atoms with van der Waals surface area (Å²) in [6.45, 7) is -0.289. The Morgan fingerprint density at radius 1 is 1.52 bits per heavy atom. The zero-order valence-corrected chi connectivity index (χ0v) is 12.2. The smallest absolute Gasteiger partial charge is 0.322 e. The summed E-state index contributed by atoms with van der Waals surface area (Å²) in [6.07, 6.45) is -0.183. The van der Waals surface area contributed by atoms with Gasteiger partial charge in [0.25, 0.3) is 6.43 Å². The maximum Gasteiger partial charge on any atom is 0.322 e. The molecule has 1 fully saturated rings. The van der Waals surface area contributed by atoms with Crippen molar-refractivity contribution in [2.24, 2.45) is 5.92 Å². The first kappa shape index (κ1) is 16.9. The average molecular weight is 329 g/mol. The molecule has 0 spiro atoms. The van der Waals surface area contributed by atoms with Crippen molar-refractivity contribution in [3.63, 3.8) is 0 Å². The third kappa shape index (κ3) is 4.76. The van der Waals surface area contributed by atoms with Gasteiger partial charge < -0.3 is 20.1 Å². The molecule has 7 nitrogen and oxygen atoms in total. The maximum atomic E-state index is 12.2. The summed E-state index contributed by atoms with van der Waals surface area (Å²) in [4.78, 5) is 28.4. The second-order valence-electron chi connectivity index (χ2n) is 5.11. The van der Waals surface area contributed by atoms with E-state index in [0.29, 0.717) is 19.4 Å². The molecule has 0 aliphatic carbocycles. The Morgan fingerprint density at radius 3 is 3.00 bits per heavy atom. The van der Waals surface area contributed by atoms with Crippen LogP contribution in [0.1, 0.15) is 12.8 Å². The van der Waals surface area contributed by atoms with Gasteiger partial charge in [-0.2, -0.15) is 0 Å². The van der Waals surface area contributed by atoms with Crippen molar-refractivity contribution >= 4 is 17.7 Å². The summed E-state index contributed by atoms with van der Waals surface area (Å²) in [6, 6.07) is 2.50. The number of carbonyl (C=O) groups excluding carboxylic acids is 1. The van der Waals surface area contributed by atoms with E-state index in [1.807, 2.05) is 0 Å². The molecule has 1 aliphatic heterocycles. The van der Waals surface area contributed by atoms with E-state index in [0.717, 1.165) is 0 Å². The van der Waals surface area contributed by atoms with Crippen LogP contribution in [-0.2, 0) is 4.79 Å². The largest absolute Gasteiger partial charge is 0.481 e. The average Bonchev–Trinajstić information content (AvgIpc) is 2.54. The van der Waals surface area contributed by atoms with Crippen molar-refractivity contribution in [1.82, 2.24) is 9.88 Å². The van der Waals surface area contributed by atoms with Crippen LogP contribution in [0, 0.1) is 5.92 Å². The van der Waals surface area contributed by atoms with E-state index in [9.17, 15) is 18.4 Å². The number of nitrogens with zero attached hydrogens (tertiary/aromatic N) is 2. The molecule has 1 atom stereocenters. The fourth-order valence-electron chi connectivity index (χ4n) is 2.30. The molecule has 0 bridgehead atoms. The number of urea groups is 1. The number of hydrogen-bond donors (Lipinski definition) is 2. The summed E-state index contributed by atoms with van der Waals surface area (Å²) in [7, 11) is 0. The van der Waals surface area contributed by atoms with E-state index in [1.54, 1.807) is 0 Å². The molecule has 126 valence electrons. The number of carbonyl (C=O) groups is 2. The summed E-state index contributed by atoms with van der Waals surface area (Å²) >= 11 is 0. The number of aliphatic carboxylic acids is 1. The molecule has 23 heavy (non-hydrogen) atoms. The minimum Gasteiger partial charge on any atom is -0.481 e. The Bertz CT molecular complexity index is 571. The standard InChI is InChI=1S/C14H17F2N3O4/c15-11(16)8-23-12-10(4-1-5-17-12)18-14(22)19-6-2-3-9(7-19)13(20)21/h1,4-5,9,11H,2-3,6-8H2,(H,18,22)(H,20,21). The van der Waals surface area contributed by atoms with Crippen LogP contribution in [0.15, 0.2) is 18.3 Å². The number of carboxylic acid groups (broad SMARTS) is 1. The third-order valence-electron chi connectivity index (χ3n) is 3.42. The van der Waals surface area contributed by atoms with Crippen LogP contribution >= 0.6 is 0 Å². The van der Waals surface area contributed by atoms with E-state index >= 15 is 0 Å². The number of anilines is 1. The molecule has 1 unspecified atom stereocenters. The first-order valence-electron chi connectivity index (χ1n) is 7.12. The number of alkyl halides is 2. The summed E-state index contributed by atoms with van der Waals surface area (Å²) in [5, 5.41) is 11.6. The van der Waals surface area contributed by atoms with Gasteiger partial charge in [-0.25, -0.2) is 18.6 Å². The highest BCUT2D eigenvalue weighted by Crippen LogP contribution is 2.23. The number of pyridine rings is 1. The van der Waals surface area contributed by atoms with Gasteiger partial charge in [0.15, 0.2) is 6.61 Å². The van der Waals surface area contributed by atoms with E-state index < -0.39 is 31.0 Å². The lowest BCUT2D eigenvalue weighted by molar-refractivity contribution is -0.143. The molecular weight excluding hydrogens is 312 g/mol. The third-order valence-corrected chi connectivity index (χ3v) is 3.42.